The number of aromatic nitrogens is 2. The third-order valence-electron chi connectivity index (χ3n) is 3.60. The van der Waals surface area contributed by atoms with Crippen molar-refractivity contribution >= 4 is 27.1 Å². The van der Waals surface area contributed by atoms with Crippen LogP contribution in [0.25, 0.3) is 11.1 Å². The molecule has 2 heterocycles. The summed E-state index contributed by atoms with van der Waals surface area (Å²) >= 11 is 3.43. The minimum Gasteiger partial charge on any atom is -0.364 e. The van der Waals surface area contributed by atoms with E-state index in [0.29, 0.717) is 18.7 Å². The number of halogens is 2. The predicted octanol–water partition coefficient (Wildman–Crippen LogP) is 4.24. The quantitative estimate of drug-likeness (QED) is 0.517. The highest BCUT2D eigenvalue weighted by molar-refractivity contribution is 9.09. The molecule has 0 amide bonds. The zero-order valence-electron chi connectivity index (χ0n) is 14.3. The Hall–Kier alpha value is -1.92. The lowest BCUT2D eigenvalue weighted by atomic mass is 10.1. The van der Waals surface area contributed by atoms with Crippen LogP contribution in [-0.2, 0) is 11.3 Å². The molecule has 6 heteroatoms. The molecule has 1 fully saturated rings. The van der Waals surface area contributed by atoms with Crippen molar-refractivity contribution in [2.24, 2.45) is 0 Å². The second kappa shape index (κ2) is 10.2. The maximum Gasteiger partial charge on any atom is 0.116 e. The van der Waals surface area contributed by atoms with Crippen LogP contribution in [0.4, 0.5) is 4.39 Å². The molecule has 0 aromatic carbocycles. The monoisotopic (exact) mass is 407 g/mol. The standard InChI is InChI=1S/C19H23BrFN3O/c1-3-5-15(7-8-20)19-12-18(23-24(19)10-9-21)16(6-4-2)11-17-13-25-14-22-17/h3-7,11-12,22H,2,8-10,13-14H2,1H3/b5-3-,15-7+,16-6+,17-11+. The maximum atomic E-state index is 13.0. The molecule has 1 aliphatic rings. The van der Waals surface area contributed by atoms with Gasteiger partial charge in [-0.1, -0.05) is 52.9 Å². The number of nitrogens with zero attached hydrogens (tertiary/aromatic N) is 2. The van der Waals surface area contributed by atoms with Gasteiger partial charge in [0.2, 0.25) is 0 Å². The van der Waals surface area contributed by atoms with Crippen LogP contribution in [0, 0.1) is 0 Å². The molecular formula is C19H23BrFN3O. The number of nitrogens with one attached hydrogen (secondary N) is 1. The summed E-state index contributed by atoms with van der Waals surface area (Å²) in [5.41, 5.74) is 4.54. The van der Waals surface area contributed by atoms with E-state index in [0.717, 1.165) is 28.2 Å². The van der Waals surface area contributed by atoms with Gasteiger partial charge in [0, 0.05) is 16.6 Å². The van der Waals surface area contributed by atoms with Crippen molar-refractivity contribution in [3.05, 3.63) is 66.2 Å². The lowest BCUT2D eigenvalue weighted by Gasteiger charge is -2.05. The normalized spacial score (nSPS) is 17.5. The van der Waals surface area contributed by atoms with E-state index in [1.165, 1.54) is 0 Å². The predicted molar refractivity (Wildman–Crippen MR) is 105 cm³/mol. The Morgan fingerprint density at radius 3 is 2.96 bits per heavy atom. The largest absolute Gasteiger partial charge is 0.364 e. The molecule has 0 unspecified atom stereocenters. The van der Waals surface area contributed by atoms with Crippen LogP contribution in [-0.4, -0.2) is 35.1 Å². The average Bonchev–Trinajstić information content (AvgIpc) is 3.24. The number of allylic oxidation sites excluding steroid dienone is 8. The summed E-state index contributed by atoms with van der Waals surface area (Å²) in [6, 6.07) is 1.98. The molecule has 0 bridgehead atoms. The summed E-state index contributed by atoms with van der Waals surface area (Å²) in [6.45, 7) is 6.53. The van der Waals surface area contributed by atoms with Gasteiger partial charge >= 0.3 is 0 Å². The zero-order valence-corrected chi connectivity index (χ0v) is 15.9. The highest BCUT2D eigenvalue weighted by Gasteiger charge is 2.14. The van der Waals surface area contributed by atoms with Crippen LogP contribution in [0.1, 0.15) is 18.3 Å². The molecule has 1 aromatic heterocycles. The molecule has 0 radical (unpaired) electrons. The molecule has 1 aliphatic heterocycles. The fourth-order valence-corrected chi connectivity index (χ4v) is 2.88. The second-order valence-electron chi connectivity index (χ2n) is 5.34. The highest BCUT2D eigenvalue weighted by atomic mass is 79.9. The van der Waals surface area contributed by atoms with Crippen LogP contribution in [0.3, 0.4) is 0 Å². The van der Waals surface area contributed by atoms with E-state index in [-0.39, 0.29) is 6.54 Å². The summed E-state index contributed by atoms with van der Waals surface area (Å²) in [5, 5.41) is 8.48. The minimum absolute atomic E-state index is 0.214. The molecule has 1 N–H and O–H groups in total. The Kier molecular flexibility index (Phi) is 7.88. The smallest absolute Gasteiger partial charge is 0.116 e. The van der Waals surface area contributed by atoms with Gasteiger partial charge in [0.1, 0.15) is 13.4 Å². The minimum atomic E-state index is -0.470. The lowest BCUT2D eigenvalue weighted by Crippen LogP contribution is -2.06. The van der Waals surface area contributed by atoms with Gasteiger partial charge < -0.3 is 10.1 Å². The third-order valence-corrected chi connectivity index (χ3v) is 3.92. The van der Waals surface area contributed by atoms with E-state index >= 15 is 0 Å². The Balaban J connectivity index is 2.48. The van der Waals surface area contributed by atoms with Crippen LogP contribution < -0.4 is 5.32 Å². The molecule has 25 heavy (non-hydrogen) atoms. The van der Waals surface area contributed by atoms with E-state index in [4.69, 9.17) is 4.74 Å². The number of ether oxygens (including phenoxy) is 1. The lowest BCUT2D eigenvalue weighted by molar-refractivity contribution is 0.197. The van der Waals surface area contributed by atoms with Crippen LogP contribution in [0.15, 0.2) is 54.8 Å². The molecule has 2 rings (SSSR count). The van der Waals surface area contributed by atoms with Crippen LogP contribution >= 0.6 is 15.9 Å². The van der Waals surface area contributed by atoms with Crippen molar-refractivity contribution in [3.8, 4) is 0 Å². The van der Waals surface area contributed by atoms with Gasteiger partial charge in [-0.2, -0.15) is 5.10 Å². The van der Waals surface area contributed by atoms with Crippen molar-refractivity contribution in [3.63, 3.8) is 0 Å². The highest BCUT2D eigenvalue weighted by Crippen LogP contribution is 2.24. The summed E-state index contributed by atoms with van der Waals surface area (Å²) in [5.74, 6) is 0. The van der Waals surface area contributed by atoms with Crippen molar-refractivity contribution in [2.75, 3.05) is 25.3 Å². The van der Waals surface area contributed by atoms with Gasteiger partial charge in [0.15, 0.2) is 0 Å². The van der Waals surface area contributed by atoms with Gasteiger partial charge in [-0.15, -0.1) is 0 Å². The van der Waals surface area contributed by atoms with Gasteiger partial charge in [-0.05, 0) is 24.6 Å². The van der Waals surface area contributed by atoms with E-state index < -0.39 is 6.67 Å². The third kappa shape index (κ3) is 5.28. The average molecular weight is 408 g/mol. The Bertz CT molecular complexity index is 708. The molecule has 0 spiro atoms. The van der Waals surface area contributed by atoms with Crippen molar-refractivity contribution < 1.29 is 9.13 Å². The maximum absolute atomic E-state index is 13.0. The molecule has 0 atom stereocenters. The molecule has 1 aromatic rings. The number of hydrogen-bond donors (Lipinski definition) is 1. The van der Waals surface area contributed by atoms with Gasteiger partial charge in [0.25, 0.3) is 0 Å². The fourth-order valence-electron chi connectivity index (χ4n) is 2.53. The Morgan fingerprint density at radius 2 is 2.36 bits per heavy atom. The molecule has 1 saturated heterocycles. The second-order valence-corrected chi connectivity index (χ2v) is 5.99. The van der Waals surface area contributed by atoms with E-state index in [9.17, 15) is 4.39 Å². The Morgan fingerprint density at radius 1 is 1.52 bits per heavy atom. The van der Waals surface area contributed by atoms with Crippen molar-refractivity contribution in [1.29, 1.82) is 0 Å². The summed E-state index contributed by atoms with van der Waals surface area (Å²) in [7, 11) is 0. The number of rotatable bonds is 8. The molecule has 0 aliphatic carbocycles. The Labute approximate surface area is 156 Å². The van der Waals surface area contributed by atoms with E-state index in [1.807, 2.05) is 43.4 Å². The van der Waals surface area contributed by atoms with Gasteiger partial charge in [-0.25, -0.2) is 4.39 Å². The van der Waals surface area contributed by atoms with E-state index in [1.54, 1.807) is 10.8 Å². The van der Waals surface area contributed by atoms with Crippen LogP contribution in [0.5, 0.6) is 0 Å². The first-order valence-electron chi connectivity index (χ1n) is 8.11. The molecular weight excluding hydrogens is 385 g/mol. The van der Waals surface area contributed by atoms with Gasteiger partial charge in [0.05, 0.1) is 24.5 Å². The zero-order chi connectivity index (χ0) is 18.1. The summed E-state index contributed by atoms with van der Waals surface area (Å²) < 4.78 is 20.0. The number of alkyl halides is 2. The molecule has 4 nitrogen and oxygen atoms in total. The molecule has 134 valence electrons. The van der Waals surface area contributed by atoms with Crippen molar-refractivity contribution in [2.45, 2.75) is 13.5 Å². The SMILES string of the molecule is C=C/C=C(\C=C1/COCN1)c1cc(C(/C=C\C)=C/CBr)n(CCF)n1. The number of hydrogen-bond acceptors (Lipinski definition) is 3. The summed E-state index contributed by atoms with van der Waals surface area (Å²) in [6.07, 6.45) is 11.6. The summed E-state index contributed by atoms with van der Waals surface area (Å²) in [4.78, 5) is 0. The van der Waals surface area contributed by atoms with Gasteiger partial charge in [-0.3, -0.25) is 4.68 Å². The first kappa shape index (κ1) is 19.4. The fraction of sp³-hybridized carbons (Fsp3) is 0.316. The van der Waals surface area contributed by atoms with E-state index in [2.05, 4.69) is 32.9 Å². The molecule has 0 saturated carbocycles. The first-order valence-corrected chi connectivity index (χ1v) is 9.24. The first-order chi connectivity index (χ1) is 12.2. The number of aryl methyl sites for hydroxylation is 1. The van der Waals surface area contributed by atoms with Crippen LogP contribution in [0.2, 0.25) is 0 Å². The van der Waals surface area contributed by atoms with Crippen molar-refractivity contribution in [1.82, 2.24) is 15.1 Å². The topological polar surface area (TPSA) is 39.1 Å².